The van der Waals surface area contributed by atoms with Crippen molar-refractivity contribution in [3.05, 3.63) is 69.3 Å². The van der Waals surface area contributed by atoms with Crippen LogP contribution in [0.4, 0.5) is 0 Å². The first kappa shape index (κ1) is 16.2. The fraction of sp³-hybridized carbons (Fsp3) is 0.158. The van der Waals surface area contributed by atoms with Crippen molar-refractivity contribution in [2.45, 2.75) is 19.3 Å². The number of oxime groups is 1. The lowest BCUT2D eigenvalue weighted by Crippen LogP contribution is -2.13. The maximum atomic E-state index is 12.3. The Labute approximate surface area is 154 Å². The van der Waals surface area contributed by atoms with Crippen LogP contribution in [-0.2, 0) is 11.3 Å². The largest absolute Gasteiger partial charge is 0.368 e. The van der Waals surface area contributed by atoms with Crippen LogP contribution in [0.2, 0.25) is 10.0 Å². The SMILES string of the molecule is O=C(O/N=C1/CCCc2[nH]c3ccccc3c21)c1c(Cl)cccc1Cl. The van der Waals surface area contributed by atoms with Crippen LogP contribution in [0.3, 0.4) is 0 Å². The van der Waals surface area contributed by atoms with Crippen molar-refractivity contribution in [1.82, 2.24) is 4.98 Å². The molecular weight excluding hydrogens is 359 g/mol. The molecule has 0 amide bonds. The highest BCUT2D eigenvalue weighted by atomic mass is 35.5. The number of carbonyl (C=O) groups is 1. The molecule has 0 saturated heterocycles. The summed E-state index contributed by atoms with van der Waals surface area (Å²) in [5, 5.41) is 5.71. The third kappa shape index (κ3) is 2.92. The van der Waals surface area contributed by atoms with Crippen LogP contribution in [0.5, 0.6) is 0 Å². The lowest BCUT2D eigenvalue weighted by molar-refractivity contribution is 0.0516. The molecular formula is C19H14Cl2N2O2. The summed E-state index contributed by atoms with van der Waals surface area (Å²) in [5.41, 5.74) is 4.10. The van der Waals surface area contributed by atoms with Gasteiger partial charge in [-0.05, 0) is 37.5 Å². The van der Waals surface area contributed by atoms with Gasteiger partial charge in [-0.25, -0.2) is 4.79 Å². The van der Waals surface area contributed by atoms with Crippen LogP contribution in [0.1, 0.15) is 34.5 Å². The Morgan fingerprint density at radius 2 is 1.80 bits per heavy atom. The van der Waals surface area contributed by atoms with Crippen molar-refractivity contribution in [2.75, 3.05) is 0 Å². The van der Waals surface area contributed by atoms with Gasteiger partial charge in [-0.3, -0.25) is 0 Å². The van der Waals surface area contributed by atoms with Crippen LogP contribution < -0.4 is 0 Å². The van der Waals surface area contributed by atoms with Gasteiger partial charge in [0.15, 0.2) is 0 Å². The quantitative estimate of drug-likeness (QED) is 0.485. The number of aryl methyl sites for hydroxylation is 1. The highest BCUT2D eigenvalue weighted by Gasteiger charge is 2.22. The Morgan fingerprint density at radius 1 is 1.04 bits per heavy atom. The molecule has 1 heterocycles. The average Bonchev–Trinajstić information content (AvgIpc) is 2.99. The number of aromatic amines is 1. The minimum atomic E-state index is -0.657. The van der Waals surface area contributed by atoms with E-state index in [1.54, 1.807) is 18.2 Å². The summed E-state index contributed by atoms with van der Waals surface area (Å²) in [6.07, 6.45) is 2.65. The van der Waals surface area contributed by atoms with E-state index in [2.05, 4.69) is 10.1 Å². The molecule has 0 radical (unpaired) electrons. The number of carbonyl (C=O) groups excluding carboxylic acids is 1. The second-order valence-corrected chi connectivity index (χ2v) is 6.71. The number of hydrogen-bond donors (Lipinski definition) is 1. The number of rotatable bonds is 2. The summed E-state index contributed by atoms with van der Waals surface area (Å²) >= 11 is 12.1. The van der Waals surface area contributed by atoms with Crippen molar-refractivity contribution in [2.24, 2.45) is 5.16 Å². The van der Waals surface area contributed by atoms with Gasteiger partial charge >= 0.3 is 5.97 Å². The number of nitrogens with zero attached hydrogens (tertiary/aromatic N) is 1. The van der Waals surface area contributed by atoms with E-state index in [0.717, 1.165) is 47.1 Å². The number of fused-ring (bicyclic) bond motifs is 3. The second kappa shape index (κ2) is 6.54. The van der Waals surface area contributed by atoms with Crippen molar-refractivity contribution in [3.63, 3.8) is 0 Å². The van der Waals surface area contributed by atoms with Crippen LogP contribution >= 0.6 is 23.2 Å². The molecule has 4 nitrogen and oxygen atoms in total. The van der Waals surface area contributed by atoms with E-state index in [0.29, 0.717) is 0 Å². The summed E-state index contributed by atoms with van der Waals surface area (Å²) in [7, 11) is 0. The van der Waals surface area contributed by atoms with Crippen molar-refractivity contribution in [1.29, 1.82) is 0 Å². The molecule has 1 N–H and O–H groups in total. The third-order valence-corrected chi connectivity index (χ3v) is 4.95. The Balaban J connectivity index is 1.69. The summed E-state index contributed by atoms with van der Waals surface area (Å²) in [4.78, 5) is 20.9. The van der Waals surface area contributed by atoms with Gasteiger partial charge in [0.25, 0.3) is 0 Å². The molecule has 0 unspecified atom stereocenters. The zero-order valence-electron chi connectivity index (χ0n) is 13.2. The predicted molar refractivity (Wildman–Crippen MR) is 99.7 cm³/mol. The molecule has 25 heavy (non-hydrogen) atoms. The minimum Gasteiger partial charge on any atom is -0.358 e. The normalized spacial score (nSPS) is 15.4. The van der Waals surface area contributed by atoms with Crippen LogP contribution in [-0.4, -0.2) is 16.7 Å². The van der Waals surface area contributed by atoms with E-state index in [-0.39, 0.29) is 15.6 Å². The zero-order valence-corrected chi connectivity index (χ0v) is 14.7. The van der Waals surface area contributed by atoms with E-state index < -0.39 is 5.97 Å². The number of H-pyrrole nitrogens is 1. The van der Waals surface area contributed by atoms with E-state index in [1.807, 2.05) is 24.3 Å². The first-order valence-electron chi connectivity index (χ1n) is 7.97. The van der Waals surface area contributed by atoms with Gasteiger partial charge in [0.2, 0.25) is 0 Å². The van der Waals surface area contributed by atoms with Crippen molar-refractivity contribution < 1.29 is 9.63 Å². The molecule has 2 aromatic carbocycles. The fourth-order valence-corrected chi connectivity index (χ4v) is 3.75. The van der Waals surface area contributed by atoms with Crippen LogP contribution in [0.15, 0.2) is 47.6 Å². The van der Waals surface area contributed by atoms with Crippen molar-refractivity contribution >= 4 is 45.8 Å². The lowest BCUT2D eigenvalue weighted by atomic mass is 9.94. The van der Waals surface area contributed by atoms with Crippen molar-refractivity contribution in [3.8, 4) is 0 Å². The smallest absolute Gasteiger partial charge is 0.358 e. The number of hydrogen-bond acceptors (Lipinski definition) is 3. The molecule has 0 spiro atoms. The molecule has 1 aromatic heterocycles. The highest BCUT2D eigenvalue weighted by Crippen LogP contribution is 2.30. The summed E-state index contributed by atoms with van der Waals surface area (Å²) in [5.74, 6) is -0.657. The van der Waals surface area contributed by atoms with Gasteiger partial charge in [0, 0.05) is 22.2 Å². The molecule has 6 heteroatoms. The summed E-state index contributed by atoms with van der Waals surface area (Å²) in [6, 6.07) is 12.9. The minimum absolute atomic E-state index is 0.130. The van der Waals surface area contributed by atoms with Gasteiger partial charge in [-0.1, -0.05) is 52.6 Å². The Morgan fingerprint density at radius 3 is 2.60 bits per heavy atom. The molecule has 1 aliphatic rings. The van der Waals surface area contributed by atoms with Gasteiger partial charge < -0.3 is 9.82 Å². The highest BCUT2D eigenvalue weighted by molar-refractivity contribution is 6.39. The monoisotopic (exact) mass is 372 g/mol. The molecule has 1 aliphatic carbocycles. The molecule has 0 fully saturated rings. The Bertz CT molecular complexity index is 988. The zero-order chi connectivity index (χ0) is 17.4. The molecule has 0 saturated carbocycles. The summed E-state index contributed by atoms with van der Waals surface area (Å²) in [6.45, 7) is 0. The number of aromatic nitrogens is 1. The second-order valence-electron chi connectivity index (χ2n) is 5.89. The van der Waals surface area contributed by atoms with Gasteiger partial charge in [0.05, 0.1) is 21.3 Å². The topological polar surface area (TPSA) is 54.4 Å². The molecule has 4 rings (SSSR count). The van der Waals surface area contributed by atoms with E-state index in [1.165, 1.54) is 0 Å². The van der Waals surface area contributed by atoms with E-state index in [4.69, 9.17) is 28.0 Å². The lowest BCUT2D eigenvalue weighted by Gasteiger charge is -2.13. The third-order valence-electron chi connectivity index (χ3n) is 4.32. The van der Waals surface area contributed by atoms with E-state index >= 15 is 0 Å². The molecule has 126 valence electrons. The molecule has 0 aliphatic heterocycles. The number of para-hydroxylation sites is 1. The number of nitrogens with one attached hydrogen (secondary N) is 1. The number of benzene rings is 2. The Hall–Kier alpha value is -2.30. The van der Waals surface area contributed by atoms with Gasteiger partial charge in [-0.2, -0.15) is 0 Å². The standard InChI is InChI=1S/C19H14Cl2N2O2/c20-12-6-3-7-13(21)18(12)19(24)25-23-16-10-4-9-15-17(16)11-5-1-2-8-14(11)22-15/h1-3,5-8,22H,4,9-10H2/b23-16-. The first-order chi connectivity index (χ1) is 12.1. The molecule has 0 atom stereocenters. The van der Waals surface area contributed by atoms with Crippen LogP contribution in [0.25, 0.3) is 10.9 Å². The predicted octanol–water partition coefficient (Wildman–Crippen LogP) is 5.37. The van der Waals surface area contributed by atoms with Gasteiger partial charge in [0.1, 0.15) is 0 Å². The van der Waals surface area contributed by atoms with Crippen LogP contribution in [0, 0.1) is 0 Å². The Kier molecular flexibility index (Phi) is 4.24. The first-order valence-corrected chi connectivity index (χ1v) is 8.73. The maximum absolute atomic E-state index is 12.3. The fourth-order valence-electron chi connectivity index (χ4n) is 3.20. The maximum Gasteiger partial charge on any atom is 0.368 e. The van der Waals surface area contributed by atoms with Gasteiger partial charge in [-0.15, -0.1) is 0 Å². The average molecular weight is 373 g/mol. The summed E-state index contributed by atoms with van der Waals surface area (Å²) < 4.78 is 0. The number of halogens is 2. The van der Waals surface area contributed by atoms with E-state index in [9.17, 15) is 4.79 Å². The molecule has 3 aromatic rings. The molecule has 0 bridgehead atoms.